The molecule has 1 aliphatic carbocycles. The van der Waals surface area contributed by atoms with Crippen molar-refractivity contribution in [1.29, 1.82) is 0 Å². The molecule has 2 atom stereocenters. The topological polar surface area (TPSA) is 128 Å². The molecule has 0 bridgehead atoms. The fourth-order valence-corrected chi connectivity index (χ4v) is 3.48. The molecule has 0 radical (unpaired) electrons. The average Bonchev–Trinajstić information content (AvgIpc) is 2.41. The molecule has 8 nitrogen and oxygen atoms in total. The van der Waals surface area contributed by atoms with Gasteiger partial charge in [0.05, 0.1) is 0 Å². The van der Waals surface area contributed by atoms with Crippen LogP contribution >= 0.6 is 0 Å². The third kappa shape index (κ3) is 3.30. The van der Waals surface area contributed by atoms with Gasteiger partial charge in [-0.15, -0.1) is 0 Å². The Morgan fingerprint density at radius 2 is 2.05 bits per heavy atom. The Labute approximate surface area is 116 Å². The van der Waals surface area contributed by atoms with Crippen LogP contribution in [-0.2, 0) is 10.0 Å². The van der Waals surface area contributed by atoms with Crippen molar-refractivity contribution in [3.05, 3.63) is 28.4 Å². The number of nitrogens with two attached hydrogens (primary N) is 1. The zero-order chi connectivity index (χ0) is 14.8. The molecule has 1 saturated carbocycles. The number of sulfonamides is 1. The summed E-state index contributed by atoms with van der Waals surface area (Å²) in [6.45, 7) is 0. The number of hydrogen-bond acceptors (Lipinski definition) is 6. The van der Waals surface area contributed by atoms with Gasteiger partial charge in [0, 0.05) is 18.2 Å². The van der Waals surface area contributed by atoms with Gasteiger partial charge in [0.25, 0.3) is 0 Å². The second-order valence-corrected chi connectivity index (χ2v) is 6.50. The highest BCUT2D eigenvalue weighted by molar-refractivity contribution is 7.89. The van der Waals surface area contributed by atoms with Crippen molar-refractivity contribution >= 4 is 15.8 Å². The zero-order valence-corrected chi connectivity index (χ0v) is 11.5. The van der Waals surface area contributed by atoms with E-state index in [1.165, 1.54) is 6.07 Å². The van der Waals surface area contributed by atoms with Crippen LogP contribution in [0.25, 0.3) is 0 Å². The SMILES string of the molecule is N[C@@H]1CCCC[C@H]1NS(=O)(=O)c1ccc([N+](=O)[O-])nc1. The van der Waals surface area contributed by atoms with Gasteiger partial charge in [-0.3, -0.25) is 0 Å². The highest BCUT2D eigenvalue weighted by Gasteiger charge is 2.28. The van der Waals surface area contributed by atoms with E-state index in [0.29, 0.717) is 6.42 Å². The van der Waals surface area contributed by atoms with E-state index in [4.69, 9.17) is 5.73 Å². The molecule has 0 amide bonds. The maximum Gasteiger partial charge on any atom is 0.363 e. The van der Waals surface area contributed by atoms with Crippen LogP contribution in [-0.4, -0.2) is 30.4 Å². The molecule has 1 aromatic rings. The first kappa shape index (κ1) is 14.8. The summed E-state index contributed by atoms with van der Waals surface area (Å²) < 4.78 is 26.8. The molecule has 1 fully saturated rings. The van der Waals surface area contributed by atoms with Gasteiger partial charge in [-0.25, -0.2) is 13.1 Å². The Kier molecular flexibility index (Phi) is 4.31. The Hall–Kier alpha value is -1.58. The maximum atomic E-state index is 12.2. The number of hydrogen-bond donors (Lipinski definition) is 2. The number of nitro groups is 1. The Morgan fingerprint density at radius 3 is 2.60 bits per heavy atom. The van der Waals surface area contributed by atoms with Crippen molar-refractivity contribution in [3.63, 3.8) is 0 Å². The molecule has 0 unspecified atom stereocenters. The van der Waals surface area contributed by atoms with Gasteiger partial charge in [-0.2, -0.15) is 0 Å². The highest BCUT2D eigenvalue weighted by Crippen LogP contribution is 2.19. The molecule has 1 aliphatic rings. The van der Waals surface area contributed by atoms with E-state index in [2.05, 4.69) is 9.71 Å². The summed E-state index contributed by atoms with van der Waals surface area (Å²) in [5, 5.41) is 10.5. The average molecular weight is 300 g/mol. The molecular formula is C11H16N4O4S. The van der Waals surface area contributed by atoms with Crippen LogP contribution in [0.1, 0.15) is 25.7 Å². The Morgan fingerprint density at radius 1 is 1.35 bits per heavy atom. The van der Waals surface area contributed by atoms with E-state index in [0.717, 1.165) is 31.5 Å². The van der Waals surface area contributed by atoms with Crippen molar-refractivity contribution in [1.82, 2.24) is 9.71 Å². The summed E-state index contributed by atoms with van der Waals surface area (Å²) in [6, 6.07) is 1.73. The van der Waals surface area contributed by atoms with Crippen molar-refractivity contribution < 1.29 is 13.3 Å². The van der Waals surface area contributed by atoms with Crippen LogP contribution in [0.4, 0.5) is 5.82 Å². The van der Waals surface area contributed by atoms with Crippen LogP contribution in [0, 0.1) is 10.1 Å². The lowest BCUT2D eigenvalue weighted by Crippen LogP contribution is -2.49. The van der Waals surface area contributed by atoms with Gasteiger partial charge in [0.2, 0.25) is 10.0 Å². The fraction of sp³-hybridized carbons (Fsp3) is 0.545. The van der Waals surface area contributed by atoms with E-state index in [-0.39, 0.29) is 17.0 Å². The second kappa shape index (κ2) is 5.81. The molecule has 110 valence electrons. The second-order valence-electron chi connectivity index (χ2n) is 4.79. The molecule has 0 spiro atoms. The third-order valence-electron chi connectivity index (χ3n) is 3.34. The van der Waals surface area contributed by atoms with E-state index in [1.807, 2.05) is 0 Å². The third-order valence-corrected chi connectivity index (χ3v) is 4.82. The number of nitrogens with zero attached hydrogens (tertiary/aromatic N) is 2. The molecule has 0 saturated heterocycles. The van der Waals surface area contributed by atoms with Gasteiger partial charge in [-0.1, -0.05) is 12.8 Å². The van der Waals surface area contributed by atoms with Crippen LogP contribution in [0.5, 0.6) is 0 Å². The number of pyridine rings is 1. The number of rotatable bonds is 4. The summed E-state index contributed by atoms with van der Waals surface area (Å²) in [7, 11) is -3.75. The Balaban J connectivity index is 2.15. The van der Waals surface area contributed by atoms with Gasteiger partial charge in [0.15, 0.2) is 6.20 Å². The molecule has 0 aliphatic heterocycles. The largest absolute Gasteiger partial charge is 0.363 e. The fourth-order valence-electron chi connectivity index (χ4n) is 2.21. The van der Waals surface area contributed by atoms with Crippen LogP contribution < -0.4 is 10.5 Å². The summed E-state index contributed by atoms with van der Waals surface area (Å²) in [4.78, 5) is 13.2. The minimum atomic E-state index is -3.75. The van der Waals surface area contributed by atoms with Gasteiger partial charge >= 0.3 is 5.82 Å². The summed E-state index contributed by atoms with van der Waals surface area (Å²) in [5.41, 5.74) is 5.90. The Bertz CT molecular complexity index is 587. The van der Waals surface area contributed by atoms with Crippen LogP contribution in [0.3, 0.4) is 0 Å². The normalized spacial score (nSPS) is 23.4. The smallest absolute Gasteiger partial charge is 0.358 e. The molecule has 2 rings (SSSR count). The van der Waals surface area contributed by atoms with Crippen LogP contribution in [0.15, 0.2) is 23.2 Å². The molecule has 1 aromatic heterocycles. The predicted octanol–water partition coefficient (Wildman–Crippen LogP) is 0.538. The van der Waals surface area contributed by atoms with Gasteiger partial charge in [0.1, 0.15) is 4.90 Å². The van der Waals surface area contributed by atoms with Crippen molar-refractivity contribution in [3.8, 4) is 0 Å². The van der Waals surface area contributed by atoms with E-state index in [1.54, 1.807) is 0 Å². The minimum absolute atomic E-state index is 0.0964. The molecule has 9 heteroatoms. The lowest BCUT2D eigenvalue weighted by Gasteiger charge is -2.28. The quantitative estimate of drug-likeness (QED) is 0.616. The lowest BCUT2D eigenvalue weighted by molar-refractivity contribution is -0.389. The first-order valence-corrected chi connectivity index (χ1v) is 7.77. The molecular weight excluding hydrogens is 284 g/mol. The molecule has 20 heavy (non-hydrogen) atoms. The number of aromatic nitrogens is 1. The van der Waals surface area contributed by atoms with E-state index < -0.39 is 20.8 Å². The van der Waals surface area contributed by atoms with Crippen molar-refractivity contribution in [2.75, 3.05) is 0 Å². The lowest BCUT2D eigenvalue weighted by atomic mass is 9.92. The van der Waals surface area contributed by atoms with E-state index >= 15 is 0 Å². The van der Waals surface area contributed by atoms with Gasteiger partial charge < -0.3 is 15.8 Å². The summed E-state index contributed by atoms with van der Waals surface area (Å²) in [5.74, 6) is -0.390. The van der Waals surface area contributed by atoms with E-state index in [9.17, 15) is 18.5 Å². The summed E-state index contributed by atoms with van der Waals surface area (Å²) in [6.07, 6.45) is 4.39. The van der Waals surface area contributed by atoms with Crippen LogP contribution in [0.2, 0.25) is 0 Å². The first-order chi connectivity index (χ1) is 9.40. The van der Waals surface area contributed by atoms with Crippen molar-refractivity contribution in [2.24, 2.45) is 5.73 Å². The standard InChI is InChI=1S/C11H16N4O4S/c12-9-3-1-2-4-10(9)14-20(18,19)8-5-6-11(13-7-8)15(16)17/h5-7,9-10,14H,1-4,12H2/t9-,10-/m1/s1. The van der Waals surface area contributed by atoms with Crippen molar-refractivity contribution in [2.45, 2.75) is 42.7 Å². The monoisotopic (exact) mass is 300 g/mol. The summed E-state index contributed by atoms with van der Waals surface area (Å²) >= 11 is 0. The predicted molar refractivity (Wildman–Crippen MR) is 71.4 cm³/mol. The number of nitrogens with one attached hydrogen (secondary N) is 1. The maximum absolute atomic E-state index is 12.2. The molecule has 3 N–H and O–H groups in total. The highest BCUT2D eigenvalue weighted by atomic mass is 32.2. The zero-order valence-electron chi connectivity index (χ0n) is 10.7. The van der Waals surface area contributed by atoms with Gasteiger partial charge in [-0.05, 0) is 28.8 Å². The molecule has 1 heterocycles. The first-order valence-electron chi connectivity index (χ1n) is 6.28. The minimum Gasteiger partial charge on any atom is -0.358 e. The molecule has 0 aromatic carbocycles.